The van der Waals surface area contributed by atoms with Crippen LogP contribution in [0.5, 0.6) is 0 Å². The van der Waals surface area contributed by atoms with Gasteiger partial charge in [0.15, 0.2) is 5.76 Å². The first kappa shape index (κ1) is 17.7. The number of furan rings is 1. The quantitative estimate of drug-likeness (QED) is 0.764. The van der Waals surface area contributed by atoms with E-state index in [1.54, 1.807) is 7.11 Å². The topological polar surface area (TPSA) is 83.7 Å². The van der Waals surface area contributed by atoms with Gasteiger partial charge in [-0.2, -0.15) is 0 Å². The monoisotopic (exact) mass is 340 g/mol. The third-order valence-electron chi connectivity index (χ3n) is 4.02. The Labute approximate surface area is 140 Å². The fourth-order valence-electron chi connectivity index (χ4n) is 2.80. The number of carbonyl (C=O) groups excluding carboxylic acids is 1. The Morgan fingerprint density at radius 1 is 1.43 bits per heavy atom. The Hall–Kier alpha value is -1.60. The highest BCUT2D eigenvalue weighted by Crippen LogP contribution is 2.26. The van der Waals surface area contributed by atoms with Gasteiger partial charge in [0.05, 0.1) is 12.7 Å². The van der Waals surface area contributed by atoms with Crippen LogP contribution in [0.25, 0.3) is 11.0 Å². The highest BCUT2D eigenvalue weighted by Gasteiger charge is 2.26. The van der Waals surface area contributed by atoms with Gasteiger partial charge in [0.2, 0.25) is 0 Å². The lowest BCUT2D eigenvalue weighted by molar-refractivity contribution is 0.0895. The van der Waals surface area contributed by atoms with Crippen LogP contribution in [0.4, 0.5) is 0 Å². The molecule has 1 aromatic heterocycles. The summed E-state index contributed by atoms with van der Waals surface area (Å²) in [4.78, 5) is 12.4. The first-order valence-corrected chi connectivity index (χ1v) is 7.37. The van der Waals surface area contributed by atoms with Gasteiger partial charge in [-0.25, -0.2) is 0 Å². The van der Waals surface area contributed by atoms with Crippen LogP contribution in [0.15, 0.2) is 28.7 Å². The molecule has 0 spiro atoms. The summed E-state index contributed by atoms with van der Waals surface area (Å²) < 4.78 is 10.9. The average molecular weight is 341 g/mol. The normalized spacial score (nSPS) is 20.4. The predicted molar refractivity (Wildman–Crippen MR) is 88.9 cm³/mol. The summed E-state index contributed by atoms with van der Waals surface area (Å²) in [5, 5.41) is 16.6. The van der Waals surface area contributed by atoms with E-state index in [0.29, 0.717) is 31.8 Å². The van der Waals surface area contributed by atoms with Gasteiger partial charge in [-0.15, -0.1) is 12.4 Å². The number of ether oxygens (including phenoxy) is 1. The molecule has 2 unspecified atom stereocenters. The second-order valence-electron chi connectivity index (χ2n) is 5.53. The Kier molecular flexibility index (Phi) is 6.01. The van der Waals surface area contributed by atoms with Gasteiger partial charge >= 0.3 is 0 Å². The summed E-state index contributed by atoms with van der Waals surface area (Å²) >= 11 is 0. The second kappa shape index (κ2) is 7.79. The fraction of sp³-hybridized carbons (Fsp3) is 0.438. The van der Waals surface area contributed by atoms with Crippen molar-refractivity contribution in [2.75, 3.05) is 26.7 Å². The number of para-hydroxylation sites is 1. The van der Waals surface area contributed by atoms with Crippen molar-refractivity contribution in [3.05, 3.63) is 35.6 Å². The van der Waals surface area contributed by atoms with Gasteiger partial charge in [-0.05, 0) is 6.07 Å². The molecule has 1 amide bonds. The van der Waals surface area contributed by atoms with Crippen LogP contribution in [0.1, 0.15) is 16.1 Å². The smallest absolute Gasteiger partial charge is 0.287 e. The maximum absolute atomic E-state index is 12.4. The van der Waals surface area contributed by atoms with Crippen LogP contribution in [-0.4, -0.2) is 43.9 Å². The number of halogens is 1. The number of hydrogen-bond acceptors (Lipinski definition) is 5. The molecule has 126 valence electrons. The SMILES string of the molecule is COCc1c(C(=O)NCC2CNCC2O)oc2ccccc12.Cl. The van der Waals surface area contributed by atoms with E-state index in [4.69, 9.17) is 9.15 Å². The summed E-state index contributed by atoms with van der Waals surface area (Å²) in [6.45, 7) is 2.00. The Morgan fingerprint density at radius 2 is 2.22 bits per heavy atom. The Morgan fingerprint density at radius 3 is 2.91 bits per heavy atom. The number of nitrogens with one attached hydrogen (secondary N) is 2. The van der Waals surface area contributed by atoms with Crippen LogP contribution >= 0.6 is 12.4 Å². The highest BCUT2D eigenvalue weighted by atomic mass is 35.5. The zero-order chi connectivity index (χ0) is 15.5. The molecule has 7 heteroatoms. The first-order valence-electron chi connectivity index (χ1n) is 7.37. The Bertz CT molecular complexity index is 673. The van der Waals surface area contributed by atoms with E-state index in [2.05, 4.69) is 10.6 Å². The van der Waals surface area contributed by atoms with Gasteiger partial charge in [-0.3, -0.25) is 4.79 Å². The first-order chi connectivity index (χ1) is 10.7. The van der Waals surface area contributed by atoms with Gasteiger partial charge in [-0.1, -0.05) is 18.2 Å². The zero-order valence-electron chi connectivity index (χ0n) is 12.9. The molecule has 1 aliphatic rings. The van der Waals surface area contributed by atoms with E-state index in [0.717, 1.165) is 10.9 Å². The molecule has 1 fully saturated rings. The number of hydrogen-bond donors (Lipinski definition) is 3. The number of aliphatic hydroxyl groups is 1. The van der Waals surface area contributed by atoms with E-state index < -0.39 is 6.10 Å². The van der Waals surface area contributed by atoms with Crippen molar-refractivity contribution in [1.29, 1.82) is 0 Å². The van der Waals surface area contributed by atoms with Crippen molar-refractivity contribution >= 4 is 29.3 Å². The molecule has 3 N–H and O–H groups in total. The fourth-order valence-corrected chi connectivity index (χ4v) is 2.80. The largest absolute Gasteiger partial charge is 0.451 e. The number of benzene rings is 1. The van der Waals surface area contributed by atoms with Gasteiger partial charge in [0.1, 0.15) is 5.58 Å². The summed E-state index contributed by atoms with van der Waals surface area (Å²) in [6.07, 6.45) is -0.422. The number of amides is 1. The molecular formula is C16H21ClN2O4. The van der Waals surface area contributed by atoms with Gasteiger partial charge in [0.25, 0.3) is 5.91 Å². The molecular weight excluding hydrogens is 320 g/mol. The molecule has 1 saturated heterocycles. The lowest BCUT2D eigenvalue weighted by atomic mass is 10.1. The number of carbonyl (C=O) groups is 1. The van der Waals surface area contributed by atoms with Crippen molar-refractivity contribution in [3.63, 3.8) is 0 Å². The molecule has 1 aromatic carbocycles. The molecule has 3 rings (SSSR count). The third-order valence-corrected chi connectivity index (χ3v) is 4.02. The minimum Gasteiger partial charge on any atom is -0.451 e. The van der Waals surface area contributed by atoms with Crippen LogP contribution in [0.3, 0.4) is 0 Å². The maximum atomic E-state index is 12.4. The molecule has 0 saturated carbocycles. The van der Waals surface area contributed by atoms with Crippen molar-refractivity contribution < 1.29 is 19.1 Å². The van der Waals surface area contributed by atoms with E-state index in [9.17, 15) is 9.90 Å². The minimum atomic E-state index is -0.422. The van der Waals surface area contributed by atoms with E-state index >= 15 is 0 Å². The predicted octanol–water partition coefficient (Wildman–Crippen LogP) is 1.31. The van der Waals surface area contributed by atoms with Crippen LogP contribution in [0, 0.1) is 5.92 Å². The Balaban J connectivity index is 0.00000192. The number of aliphatic hydroxyl groups excluding tert-OH is 1. The van der Waals surface area contributed by atoms with E-state index in [1.165, 1.54) is 0 Å². The van der Waals surface area contributed by atoms with Crippen molar-refractivity contribution in [1.82, 2.24) is 10.6 Å². The molecule has 2 atom stereocenters. The summed E-state index contributed by atoms with van der Waals surface area (Å²) in [6, 6.07) is 7.51. The van der Waals surface area contributed by atoms with Gasteiger partial charge in [0, 0.05) is 43.6 Å². The number of rotatable bonds is 5. The highest BCUT2D eigenvalue weighted by molar-refractivity contribution is 5.99. The van der Waals surface area contributed by atoms with Crippen LogP contribution in [-0.2, 0) is 11.3 Å². The minimum absolute atomic E-state index is 0. The molecule has 2 aromatic rings. The number of methoxy groups -OCH3 is 1. The molecule has 6 nitrogen and oxygen atoms in total. The second-order valence-corrected chi connectivity index (χ2v) is 5.53. The van der Waals surface area contributed by atoms with Crippen molar-refractivity contribution in [2.45, 2.75) is 12.7 Å². The van der Waals surface area contributed by atoms with E-state index in [1.807, 2.05) is 24.3 Å². The van der Waals surface area contributed by atoms with Crippen LogP contribution < -0.4 is 10.6 Å². The van der Waals surface area contributed by atoms with Crippen LogP contribution in [0.2, 0.25) is 0 Å². The lowest BCUT2D eigenvalue weighted by Gasteiger charge is -2.13. The van der Waals surface area contributed by atoms with Crippen molar-refractivity contribution in [3.8, 4) is 0 Å². The zero-order valence-corrected chi connectivity index (χ0v) is 13.7. The van der Waals surface area contributed by atoms with Crippen molar-refractivity contribution in [2.24, 2.45) is 5.92 Å². The van der Waals surface area contributed by atoms with Gasteiger partial charge < -0.3 is 24.9 Å². The molecule has 0 bridgehead atoms. The number of β-amino-alcohol motifs (C(OH)–C–C–N with tert-alkyl or cyclic N) is 1. The van der Waals surface area contributed by atoms with E-state index in [-0.39, 0.29) is 30.0 Å². The molecule has 0 radical (unpaired) electrons. The maximum Gasteiger partial charge on any atom is 0.287 e. The third kappa shape index (κ3) is 3.67. The molecule has 1 aliphatic heterocycles. The summed E-state index contributed by atoms with van der Waals surface area (Å²) in [5.74, 6) is 0.0325. The average Bonchev–Trinajstić information content (AvgIpc) is 3.10. The lowest BCUT2D eigenvalue weighted by Crippen LogP contribution is -2.34. The summed E-state index contributed by atoms with van der Waals surface area (Å²) in [7, 11) is 1.59. The standard InChI is InChI=1S/C16H20N2O4.ClH/c1-21-9-12-11-4-2-3-5-14(11)22-15(12)16(20)18-7-10-6-17-8-13(10)19;/h2-5,10,13,17,19H,6-9H2,1H3,(H,18,20);1H. The molecule has 23 heavy (non-hydrogen) atoms. The molecule has 2 heterocycles. The summed E-state index contributed by atoms with van der Waals surface area (Å²) in [5.41, 5.74) is 1.42. The molecule has 0 aliphatic carbocycles. The number of fused-ring (bicyclic) bond motifs is 1.